The third-order valence-corrected chi connectivity index (χ3v) is 3.06. The van der Waals surface area contributed by atoms with Crippen LogP contribution in [0.3, 0.4) is 0 Å². The molecule has 1 aliphatic heterocycles. The van der Waals surface area contributed by atoms with Crippen molar-refractivity contribution in [2.45, 2.75) is 45.9 Å². The number of hydrogen-bond donors (Lipinski definition) is 0. The maximum absolute atomic E-state index is 11.7. The van der Waals surface area contributed by atoms with Crippen molar-refractivity contribution in [1.82, 2.24) is 9.88 Å². The van der Waals surface area contributed by atoms with Gasteiger partial charge in [0.15, 0.2) is 0 Å². The van der Waals surface area contributed by atoms with Gasteiger partial charge in [-0.05, 0) is 32.4 Å². The summed E-state index contributed by atoms with van der Waals surface area (Å²) in [6.45, 7) is 7.89. The van der Waals surface area contributed by atoms with Crippen molar-refractivity contribution in [2.75, 3.05) is 6.54 Å². The predicted octanol–water partition coefficient (Wildman–Crippen LogP) is 2.78. The summed E-state index contributed by atoms with van der Waals surface area (Å²) in [7, 11) is 0. The van der Waals surface area contributed by atoms with Gasteiger partial charge in [-0.1, -0.05) is 17.7 Å². The maximum atomic E-state index is 11.7. The van der Waals surface area contributed by atoms with Crippen LogP contribution in [0.15, 0.2) is 12.1 Å². The zero-order chi connectivity index (χ0) is 14.0. The molecule has 1 aromatic rings. The monoisotopic (exact) mass is 282 g/mol. The van der Waals surface area contributed by atoms with Crippen molar-refractivity contribution in [3.05, 3.63) is 28.5 Å². The number of fused-ring (bicyclic) bond motifs is 1. The third-order valence-electron chi connectivity index (χ3n) is 2.85. The number of hydrogen-bond acceptors (Lipinski definition) is 4. The summed E-state index contributed by atoms with van der Waals surface area (Å²) in [4.78, 5) is 18.1. The van der Waals surface area contributed by atoms with Gasteiger partial charge in [0.25, 0.3) is 0 Å². The summed E-state index contributed by atoms with van der Waals surface area (Å²) >= 11 is 5.87. The normalized spacial score (nSPS) is 15.4. The molecule has 5 heteroatoms. The number of halogens is 1. The Kier molecular flexibility index (Phi) is 4.11. The van der Waals surface area contributed by atoms with Gasteiger partial charge in [-0.25, -0.2) is 4.98 Å². The zero-order valence-electron chi connectivity index (χ0n) is 11.6. The SMILES string of the molecule is CC(C)(C)OC(=O)CCN1Cc2ccc(Cl)nc2C1. The van der Waals surface area contributed by atoms with E-state index in [4.69, 9.17) is 16.3 Å². The maximum Gasteiger partial charge on any atom is 0.307 e. The molecule has 0 aliphatic carbocycles. The molecule has 1 aliphatic rings. The van der Waals surface area contributed by atoms with Gasteiger partial charge < -0.3 is 4.74 Å². The number of ether oxygens (including phenoxy) is 1. The summed E-state index contributed by atoms with van der Waals surface area (Å²) < 4.78 is 5.29. The van der Waals surface area contributed by atoms with E-state index < -0.39 is 5.60 Å². The number of carbonyl (C=O) groups excluding carboxylic acids is 1. The largest absolute Gasteiger partial charge is 0.460 e. The van der Waals surface area contributed by atoms with Crippen molar-refractivity contribution < 1.29 is 9.53 Å². The second-order valence-corrected chi connectivity index (χ2v) is 6.17. The molecule has 0 amide bonds. The first kappa shape index (κ1) is 14.3. The Morgan fingerprint density at radius 3 is 2.84 bits per heavy atom. The molecule has 2 rings (SSSR count). The molecule has 0 radical (unpaired) electrons. The van der Waals surface area contributed by atoms with Crippen LogP contribution in [0.5, 0.6) is 0 Å². The fourth-order valence-corrected chi connectivity index (χ4v) is 2.26. The second kappa shape index (κ2) is 5.47. The third kappa shape index (κ3) is 4.18. The van der Waals surface area contributed by atoms with E-state index in [2.05, 4.69) is 9.88 Å². The summed E-state index contributed by atoms with van der Waals surface area (Å²) in [6, 6.07) is 3.80. The molecule has 0 unspecified atom stereocenters. The molecule has 2 heterocycles. The highest BCUT2D eigenvalue weighted by molar-refractivity contribution is 6.29. The number of rotatable bonds is 3. The molecular weight excluding hydrogens is 264 g/mol. The van der Waals surface area contributed by atoms with Crippen LogP contribution in [0, 0.1) is 0 Å². The van der Waals surface area contributed by atoms with E-state index >= 15 is 0 Å². The van der Waals surface area contributed by atoms with Crippen molar-refractivity contribution in [3.8, 4) is 0 Å². The first-order valence-electron chi connectivity index (χ1n) is 6.42. The Bertz CT molecular complexity index is 483. The molecule has 0 fully saturated rings. The highest BCUT2D eigenvalue weighted by Gasteiger charge is 2.22. The standard InChI is InChI=1S/C14H19ClN2O2/c1-14(2,3)19-13(18)6-7-17-8-10-4-5-12(15)16-11(10)9-17/h4-5H,6-9H2,1-3H3. The Morgan fingerprint density at radius 1 is 1.42 bits per heavy atom. The van der Waals surface area contributed by atoms with E-state index in [1.807, 2.05) is 26.8 Å². The van der Waals surface area contributed by atoms with E-state index in [1.54, 1.807) is 6.07 Å². The van der Waals surface area contributed by atoms with Crippen LogP contribution >= 0.6 is 11.6 Å². The summed E-state index contributed by atoms with van der Waals surface area (Å²) in [5, 5.41) is 0.521. The highest BCUT2D eigenvalue weighted by Crippen LogP contribution is 2.22. The molecule has 0 saturated heterocycles. The number of pyridine rings is 1. The Morgan fingerprint density at radius 2 is 2.16 bits per heavy atom. The van der Waals surface area contributed by atoms with E-state index in [1.165, 1.54) is 5.56 Å². The van der Waals surface area contributed by atoms with Crippen molar-refractivity contribution in [3.63, 3.8) is 0 Å². The van der Waals surface area contributed by atoms with Gasteiger partial charge in [-0.15, -0.1) is 0 Å². The predicted molar refractivity (Wildman–Crippen MR) is 73.8 cm³/mol. The number of esters is 1. The summed E-state index contributed by atoms with van der Waals surface area (Å²) in [5.41, 5.74) is 1.78. The summed E-state index contributed by atoms with van der Waals surface area (Å²) in [6.07, 6.45) is 0.402. The Hall–Kier alpha value is -1.13. The van der Waals surface area contributed by atoms with E-state index in [0.29, 0.717) is 18.1 Å². The minimum atomic E-state index is -0.417. The molecule has 0 bridgehead atoms. The average molecular weight is 283 g/mol. The fourth-order valence-electron chi connectivity index (χ4n) is 2.09. The molecule has 0 saturated carbocycles. The molecule has 0 spiro atoms. The van der Waals surface area contributed by atoms with Gasteiger partial charge in [0.2, 0.25) is 0 Å². The summed E-state index contributed by atoms with van der Waals surface area (Å²) in [5.74, 6) is -0.158. The molecule has 104 valence electrons. The highest BCUT2D eigenvalue weighted by atomic mass is 35.5. The number of aromatic nitrogens is 1. The molecule has 1 aromatic heterocycles. The van der Waals surface area contributed by atoms with Gasteiger partial charge in [0.1, 0.15) is 10.8 Å². The second-order valence-electron chi connectivity index (χ2n) is 5.79. The van der Waals surface area contributed by atoms with Crippen LogP contribution in [0.25, 0.3) is 0 Å². The van der Waals surface area contributed by atoms with Crippen LogP contribution in [-0.4, -0.2) is 28.0 Å². The van der Waals surface area contributed by atoms with Crippen LogP contribution in [0.2, 0.25) is 5.15 Å². The topological polar surface area (TPSA) is 42.4 Å². The average Bonchev–Trinajstić information content (AvgIpc) is 2.66. The van der Waals surface area contributed by atoms with Gasteiger partial charge in [0, 0.05) is 19.6 Å². The zero-order valence-corrected chi connectivity index (χ0v) is 12.3. The lowest BCUT2D eigenvalue weighted by molar-refractivity contribution is -0.155. The quantitative estimate of drug-likeness (QED) is 0.631. The van der Waals surface area contributed by atoms with E-state index in [-0.39, 0.29) is 5.97 Å². The molecule has 0 N–H and O–H groups in total. The lowest BCUT2D eigenvalue weighted by Crippen LogP contribution is -2.27. The first-order chi connectivity index (χ1) is 8.83. The Balaban J connectivity index is 1.83. The van der Waals surface area contributed by atoms with Crippen molar-refractivity contribution in [2.24, 2.45) is 0 Å². The van der Waals surface area contributed by atoms with Gasteiger partial charge in [-0.3, -0.25) is 9.69 Å². The molecular formula is C14H19ClN2O2. The van der Waals surface area contributed by atoms with Crippen LogP contribution in [0.4, 0.5) is 0 Å². The molecule has 0 atom stereocenters. The van der Waals surface area contributed by atoms with Crippen molar-refractivity contribution >= 4 is 17.6 Å². The lowest BCUT2D eigenvalue weighted by atomic mass is 10.2. The lowest BCUT2D eigenvalue weighted by Gasteiger charge is -2.20. The molecule has 0 aromatic carbocycles. The van der Waals surface area contributed by atoms with Gasteiger partial charge in [0.05, 0.1) is 12.1 Å². The molecule has 4 nitrogen and oxygen atoms in total. The minimum absolute atomic E-state index is 0.158. The first-order valence-corrected chi connectivity index (χ1v) is 6.80. The molecule has 19 heavy (non-hydrogen) atoms. The van der Waals surface area contributed by atoms with Crippen LogP contribution < -0.4 is 0 Å². The van der Waals surface area contributed by atoms with Gasteiger partial charge in [-0.2, -0.15) is 0 Å². The van der Waals surface area contributed by atoms with Gasteiger partial charge >= 0.3 is 5.97 Å². The smallest absolute Gasteiger partial charge is 0.307 e. The van der Waals surface area contributed by atoms with Crippen molar-refractivity contribution in [1.29, 1.82) is 0 Å². The number of carbonyl (C=O) groups is 1. The Labute approximate surface area is 118 Å². The van der Waals surface area contributed by atoms with Crippen LogP contribution in [0.1, 0.15) is 38.4 Å². The minimum Gasteiger partial charge on any atom is -0.460 e. The van der Waals surface area contributed by atoms with Crippen LogP contribution in [-0.2, 0) is 22.6 Å². The van der Waals surface area contributed by atoms with E-state index in [9.17, 15) is 4.79 Å². The fraction of sp³-hybridized carbons (Fsp3) is 0.571. The number of nitrogens with zero attached hydrogens (tertiary/aromatic N) is 2. The van der Waals surface area contributed by atoms with E-state index in [0.717, 1.165) is 18.8 Å².